The molecule has 2 aliphatic heterocycles. The highest BCUT2D eigenvalue weighted by Gasteiger charge is 2.34. The number of hydrogen-bond donors (Lipinski definition) is 4. The molecule has 1 saturated carbocycles. The number of carbonyl (C=O) groups is 5. The zero-order chi connectivity index (χ0) is 38.9. The molecule has 2 bridgehead atoms. The first-order chi connectivity index (χ1) is 25.8. The van der Waals surface area contributed by atoms with Crippen LogP contribution in [0.4, 0.5) is 0 Å². The van der Waals surface area contributed by atoms with E-state index in [1.165, 1.54) is 11.1 Å². The summed E-state index contributed by atoms with van der Waals surface area (Å²) in [7, 11) is 3.28. The van der Waals surface area contributed by atoms with Crippen LogP contribution in [-0.4, -0.2) is 95.2 Å². The molecule has 4 atom stereocenters. The summed E-state index contributed by atoms with van der Waals surface area (Å²) in [5, 5.41) is 15.8. The molecule has 14 heteroatoms. The maximum atomic E-state index is 14.2. The van der Waals surface area contributed by atoms with Crippen molar-refractivity contribution in [1.82, 2.24) is 35.9 Å². The molecule has 3 heterocycles. The number of hydrogen-bond acceptors (Lipinski definition) is 8. The lowest BCUT2D eigenvalue weighted by Gasteiger charge is -2.29. The van der Waals surface area contributed by atoms with Crippen molar-refractivity contribution in [2.75, 3.05) is 26.8 Å². The molecular formula is C40H53N7O7. The molecule has 0 saturated heterocycles. The van der Waals surface area contributed by atoms with Crippen LogP contribution in [0, 0.1) is 18.8 Å². The molecule has 1 fully saturated rings. The van der Waals surface area contributed by atoms with E-state index in [9.17, 15) is 24.0 Å². The molecule has 54 heavy (non-hydrogen) atoms. The third kappa shape index (κ3) is 11.1. The minimum atomic E-state index is -1.13. The smallest absolute Gasteiger partial charge is 0.255 e. The van der Waals surface area contributed by atoms with E-state index in [1.807, 2.05) is 12.1 Å². The number of amides is 5. The number of methoxy groups -OCH3 is 1. The summed E-state index contributed by atoms with van der Waals surface area (Å²) >= 11 is 0. The number of aryl methyl sites for hydroxylation is 1. The van der Waals surface area contributed by atoms with Gasteiger partial charge >= 0.3 is 0 Å². The van der Waals surface area contributed by atoms with E-state index in [4.69, 9.17) is 9.47 Å². The Morgan fingerprint density at radius 2 is 1.70 bits per heavy atom. The van der Waals surface area contributed by atoms with Gasteiger partial charge in [0.1, 0.15) is 36.2 Å². The van der Waals surface area contributed by atoms with Gasteiger partial charge in [-0.2, -0.15) is 5.10 Å². The van der Waals surface area contributed by atoms with Crippen molar-refractivity contribution in [3.8, 4) is 11.5 Å². The SMILES string of the molecule is COc1ccc(C[C@@H]2NC(=O)[C@@H](NC(=O)c3cnn(C)c3C)Cc3ccc(cc3)OC[C@H](CC(C)C)NC(=O)CN(CC3CC3)C(=O)[C@@H](C)NC2=O)cc1. The molecule has 0 radical (unpaired) electrons. The Labute approximate surface area is 316 Å². The highest BCUT2D eigenvalue weighted by molar-refractivity contribution is 5.99. The van der Waals surface area contributed by atoms with E-state index in [-0.39, 0.29) is 49.8 Å². The van der Waals surface area contributed by atoms with Gasteiger partial charge in [0.05, 0.1) is 31.5 Å². The van der Waals surface area contributed by atoms with E-state index in [0.717, 1.165) is 24.0 Å². The zero-order valence-electron chi connectivity index (χ0n) is 32.0. The normalized spacial score (nSPS) is 21.9. The topological polar surface area (TPSA) is 173 Å². The number of fused-ring (bicyclic) bond motifs is 17. The summed E-state index contributed by atoms with van der Waals surface area (Å²) in [6.45, 7) is 7.91. The Kier molecular flexibility index (Phi) is 13.3. The van der Waals surface area contributed by atoms with Gasteiger partial charge in [0.25, 0.3) is 5.91 Å². The van der Waals surface area contributed by atoms with Crippen LogP contribution in [0.25, 0.3) is 0 Å². The van der Waals surface area contributed by atoms with Crippen LogP contribution >= 0.6 is 0 Å². The second-order valence-electron chi connectivity index (χ2n) is 14.9. The molecule has 0 spiro atoms. The Balaban J connectivity index is 1.48. The van der Waals surface area contributed by atoms with Crippen LogP contribution < -0.4 is 30.7 Å². The van der Waals surface area contributed by atoms with Gasteiger partial charge in [-0.25, -0.2) is 0 Å². The Bertz CT molecular complexity index is 1790. The van der Waals surface area contributed by atoms with Gasteiger partial charge in [-0.1, -0.05) is 38.1 Å². The first-order valence-corrected chi connectivity index (χ1v) is 18.6. The molecule has 5 amide bonds. The van der Waals surface area contributed by atoms with Crippen molar-refractivity contribution in [1.29, 1.82) is 0 Å². The lowest BCUT2D eigenvalue weighted by atomic mass is 10.0. The van der Waals surface area contributed by atoms with E-state index in [0.29, 0.717) is 35.7 Å². The zero-order valence-corrected chi connectivity index (χ0v) is 32.0. The molecule has 4 N–H and O–H groups in total. The summed E-state index contributed by atoms with van der Waals surface area (Å²) in [6.07, 6.45) is 4.22. The van der Waals surface area contributed by atoms with Crippen LogP contribution in [0.15, 0.2) is 54.7 Å². The van der Waals surface area contributed by atoms with Crippen molar-refractivity contribution in [2.45, 2.75) is 84.0 Å². The van der Waals surface area contributed by atoms with Crippen molar-refractivity contribution in [3.63, 3.8) is 0 Å². The Morgan fingerprint density at radius 3 is 2.31 bits per heavy atom. The second kappa shape index (κ2) is 18.1. The third-order valence-corrected chi connectivity index (χ3v) is 9.82. The average Bonchev–Trinajstić information content (AvgIpc) is 3.90. The van der Waals surface area contributed by atoms with Crippen molar-refractivity contribution < 1.29 is 33.4 Å². The molecule has 6 rings (SSSR count). The lowest BCUT2D eigenvalue weighted by molar-refractivity contribution is -0.140. The quantitative estimate of drug-likeness (QED) is 0.242. The summed E-state index contributed by atoms with van der Waals surface area (Å²) < 4.78 is 13.0. The predicted molar refractivity (Wildman–Crippen MR) is 202 cm³/mol. The standard InChI is InChI=1S/C40H53N7O7/c1-24(2)17-30-23-54-32-15-11-28(12-16-32)19-35(44-37(49)33-20-41-46(5)26(33)4)39(51)45-34(18-27-9-13-31(53-6)14-10-27)38(50)42-25(3)40(52)47(21-29-7-8-29)22-36(48)43-30/h9-16,20,24-25,29-30,34-35H,7-8,17-19,21-23H2,1-6H3,(H,42,50)(H,43,48)(H,44,49)(H,45,51)/t25-,30+,34+,35+/m1/s1. The maximum Gasteiger partial charge on any atom is 0.255 e. The molecule has 2 aromatic carbocycles. The average molecular weight is 744 g/mol. The molecule has 0 unspecified atom stereocenters. The highest BCUT2D eigenvalue weighted by atomic mass is 16.5. The van der Waals surface area contributed by atoms with Gasteiger partial charge in [-0.05, 0) is 80.3 Å². The molecule has 14 nitrogen and oxygen atoms in total. The van der Waals surface area contributed by atoms with Crippen molar-refractivity contribution in [2.24, 2.45) is 18.9 Å². The first-order valence-electron chi connectivity index (χ1n) is 18.6. The fourth-order valence-electron chi connectivity index (χ4n) is 6.48. The molecule has 3 aromatic rings. The number of aromatic nitrogens is 2. The fraction of sp³-hybridized carbons (Fsp3) is 0.500. The second-order valence-corrected chi connectivity index (χ2v) is 14.9. The molecular weight excluding hydrogens is 690 g/mol. The summed E-state index contributed by atoms with van der Waals surface area (Å²) in [5.41, 5.74) is 2.41. The monoisotopic (exact) mass is 743 g/mol. The lowest BCUT2D eigenvalue weighted by Crippen LogP contribution is -2.58. The van der Waals surface area contributed by atoms with Crippen molar-refractivity contribution >= 4 is 29.5 Å². The number of rotatable bonds is 9. The minimum Gasteiger partial charge on any atom is -0.497 e. The highest BCUT2D eigenvalue weighted by Crippen LogP contribution is 2.30. The predicted octanol–water partition coefficient (Wildman–Crippen LogP) is 2.47. The van der Waals surface area contributed by atoms with Gasteiger partial charge in [0, 0.05) is 32.1 Å². The number of ether oxygens (including phenoxy) is 2. The molecule has 1 aromatic heterocycles. The van der Waals surface area contributed by atoms with E-state index in [2.05, 4.69) is 40.2 Å². The maximum absolute atomic E-state index is 14.2. The van der Waals surface area contributed by atoms with Gasteiger partial charge in [0.15, 0.2) is 0 Å². The van der Waals surface area contributed by atoms with Crippen LogP contribution in [0.1, 0.15) is 67.2 Å². The van der Waals surface area contributed by atoms with Crippen molar-refractivity contribution in [3.05, 3.63) is 77.1 Å². The van der Waals surface area contributed by atoms with E-state index in [1.54, 1.807) is 69.1 Å². The molecule has 290 valence electrons. The van der Waals surface area contributed by atoms with E-state index < -0.39 is 41.8 Å². The molecule has 3 aliphatic rings. The van der Waals surface area contributed by atoms with Crippen LogP contribution in [0.3, 0.4) is 0 Å². The number of benzene rings is 2. The largest absolute Gasteiger partial charge is 0.497 e. The summed E-state index contributed by atoms with van der Waals surface area (Å²) in [6, 6.07) is 10.8. The molecule has 1 aliphatic carbocycles. The van der Waals surface area contributed by atoms with E-state index >= 15 is 0 Å². The van der Waals surface area contributed by atoms with Crippen LogP contribution in [0.5, 0.6) is 11.5 Å². The van der Waals surface area contributed by atoms with Gasteiger partial charge in [-0.15, -0.1) is 0 Å². The number of carbonyl (C=O) groups excluding carboxylic acids is 5. The fourth-order valence-corrected chi connectivity index (χ4v) is 6.48. The van der Waals surface area contributed by atoms with Crippen LogP contribution in [0.2, 0.25) is 0 Å². The van der Waals surface area contributed by atoms with Gasteiger partial charge in [-0.3, -0.25) is 28.7 Å². The van der Waals surface area contributed by atoms with Crippen LogP contribution in [-0.2, 0) is 39.1 Å². The summed E-state index contributed by atoms with van der Waals surface area (Å²) in [4.78, 5) is 70.6. The van der Waals surface area contributed by atoms with Gasteiger partial charge in [0.2, 0.25) is 23.6 Å². The Morgan fingerprint density at radius 1 is 1.00 bits per heavy atom. The minimum absolute atomic E-state index is 0.0856. The first kappa shape index (κ1) is 39.8. The number of nitrogens with zero attached hydrogens (tertiary/aromatic N) is 3. The Hall–Kier alpha value is -5.40. The van der Waals surface area contributed by atoms with Gasteiger partial charge < -0.3 is 35.6 Å². The summed E-state index contributed by atoms with van der Waals surface area (Å²) in [5.74, 6) is -0.607. The number of nitrogens with one attached hydrogen (secondary N) is 4. The third-order valence-electron chi connectivity index (χ3n) is 9.82.